The molecule has 1 aliphatic carbocycles. The minimum absolute atomic E-state index is 0.223. The third-order valence-electron chi connectivity index (χ3n) is 3.45. The lowest BCUT2D eigenvalue weighted by molar-refractivity contribution is -0.122. The maximum atomic E-state index is 12.0. The smallest absolute Gasteiger partial charge is 0.236 e. The number of hydrogen-bond donors (Lipinski definition) is 2. The van der Waals surface area contributed by atoms with Crippen molar-refractivity contribution >= 4 is 26.0 Å². The van der Waals surface area contributed by atoms with Crippen LogP contribution >= 0.6 is 0 Å². The zero-order chi connectivity index (χ0) is 16.1. The zero-order valence-corrected chi connectivity index (χ0v) is 14.1. The van der Waals surface area contributed by atoms with Crippen molar-refractivity contribution in [2.24, 2.45) is 5.92 Å². The van der Waals surface area contributed by atoms with Crippen LogP contribution in [-0.4, -0.2) is 40.3 Å². The molecule has 1 saturated carbocycles. The minimum Gasteiger partial charge on any atom is -0.274 e. The zero-order valence-electron chi connectivity index (χ0n) is 12.5. The molecule has 0 aromatic carbocycles. The van der Waals surface area contributed by atoms with Crippen LogP contribution in [0.4, 0.5) is 0 Å². The first kappa shape index (κ1) is 18.4. The monoisotopic (exact) mass is 340 g/mol. The molecule has 0 heterocycles. The van der Waals surface area contributed by atoms with Crippen LogP contribution in [0.1, 0.15) is 46.0 Å². The Hall–Kier alpha value is -0.670. The van der Waals surface area contributed by atoms with Crippen LogP contribution in [0.2, 0.25) is 0 Å². The summed E-state index contributed by atoms with van der Waals surface area (Å²) in [5.74, 6) is -1.49. The van der Waals surface area contributed by atoms with Gasteiger partial charge in [0.15, 0.2) is 0 Å². The van der Waals surface area contributed by atoms with E-state index in [2.05, 4.69) is 4.72 Å². The van der Waals surface area contributed by atoms with Crippen molar-refractivity contribution in [2.45, 2.75) is 51.2 Å². The Labute approximate surface area is 127 Å². The molecule has 7 nitrogen and oxygen atoms in total. The van der Waals surface area contributed by atoms with Crippen molar-refractivity contribution in [1.82, 2.24) is 9.44 Å². The summed E-state index contributed by atoms with van der Waals surface area (Å²) >= 11 is 0. The molecule has 0 aliphatic heterocycles. The predicted octanol–water partition coefficient (Wildman–Crippen LogP) is 0.341. The first-order valence-corrected chi connectivity index (χ1v) is 10.4. The topological polar surface area (TPSA) is 109 Å². The van der Waals surface area contributed by atoms with E-state index in [-0.39, 0.29) is 6.54 Å². The van der Waals surface area contributed by atoms with Crippen LogP contribution in [0, 0.1) is 5.92 Å². The van der Waals surface area contributed by atoms with Crippen LogP contribution in [0.3, 0.4) is 0 Å². The van der Waals surface area contributed by atoms with Gasteiger partial charge >= 0.3 is 0 Å². The Morgan fingerprint density at radius 2 is 1.67 bits per heavy atom. The summed E-state index contributed by atoms with van der Waals surface area (Å²) in [6, 6.07) is 0. The van der Waals surface area contributed by atoms with Crippen LogP contribution < -0.4 is 9.44 Å². The lowest BCUT2D eigenvalue weighted by Gasteiger charge is -2.22. The molecule has 0 spiro atoms. The van der Waals surface area contributed by atoms with Gasteiger partial charge in [-0.3, -0.25) is 9.52 Å². The summed E-state index contributed by atoms with van der Waals surface area (Å²) in [5.41, 5.74) is 0. The number of hydrogen-bond acceptors (Lipinski definition) is 5. The Bertz CT molecular complexity index is 548. The highest BCUT2D eigenvalue weighted by atomic mass is 32.2. The summed E-state index contributed by atoms with van der Waals surface area (Å²) in [6.07, 6.45) is 4.04. The molecule has 1 fully saturated rings. The fourth-order valence-electron chi connectivity index (χ4n) is 2.13. The number of amides is 1. The van der Waals surface area contributed by atoms with Crippen molar-refractivity contribution in [3.8, 4) is 0 Å². The molecule has 0 saturated heterocycles. The molecular formula is C12H24N2O5S2. The van der Waals surface area contributed by atoms with E-state index in [1.807, 2.05) is 4.72 Å². The lowest BCUT2D eigenvalue weighted by atomic mass is 10.0. The molecule has 0 radical (unpaired) electrons. The second kappa shape index (κ2) is 7.55. The first-order valence-electron chi connectivity index (χ1n) is 7.17. The van der Waals surface area contributed by atoms with Crippen molar-refractivity contribution in [3.05, 3.63) is 0 Å². The number of carbonyl (C=O) groups excluding carboxylic acids is 1. The quantitative estimate of drug-likeness (QED) is 0.694. The fourth-order valence-corrected chi connectivity index (χ4v) is 4.85. The van der Waals surface area contributed by atoms with Crippen LogP contribution in [0.5, 0.6) is 0 Å². The average Bonchev–Trinajstić information content (AvgIpc) is 2.38. The minimum atomic E-state index is -3.81. The highest BCUT2D eigenvalue weighted by Crippen LogP contribution is 2.22. The standard InChI is InChI=1S/C12H24N2O5S2/c1-10(2)12(15)14-20(16,17)9-8-13-21(18,19)11-6-4-3-5-7-11/h10-11,13H,3-9H2,1-2H3,(H,14,15). The van der Waals surface area contributed by atoms with Crippen molar-refractivity contribution in [3.63, 3.8) is 0 Å². The molecule has 124 valence electrons. The summed E-state index contributed by atoms with van der Waals surface area (Å²) in [6.45, 7) is 2.94. The van der Waals surface area contributed by atoms with Gasteiger partial charge in [0.1, 0.15) is 0 Å². The van der Waals surface area contributed by atoms with E-state index in [0.29, 0.717) is 12.8 Å². The van der Waals surface area contributed by atoms with Crippen LogP contribution in [-0.2, 0) is 24.8 Å². The SMILES string of the molecule is CC(C)C(=O)NS(=O)(=O)CCNS(=O)(=O)C1CCCCC1. The van der Waals surface area contributed by atoms with Gasteiger partial charge in [-0.05, 0) is 12.8 Å². The molecule has 0 aromatic heterocycles. The van der Waals surface area contributed by atoms with E-state index in [0.717, 1.165) is 19.3 Å². The third kappa shape index (κ3) is 6.31. The third-order valence-corrected chi connectivity index (χ3v) is 6.65. The molecule has 2 N–H and O–H groups in total. The van der Waals surface area contributed by atoms with Crippen molar-refractivity contribution in [2.75, 3.05) is 12.3 Å². The maximum absolute atomic E-state index is 12.0. The number of sulfonamides is 2. The maximum Gasteiger partial charge on any atom is 0.236 e. The molecule has 0 unspecified atom stereocenters. The average molecular weight is 340 g/mol. The highest BCUT2D eigenvalue weighted by Gasteiger charge is 2.27. The molecule has 0 aromatic rings. The Morgan fingerprint density at radius 3 is 2.19 bits per heavy atom. The fraction of sp³-hybridized carbons (Fsp3) is 0.917. The van der Waals surface area contributed by atoms with Gasteiger partial charge in [-0.2, -0.15) is 0 Å². The number of carbonyl (C=O) groups is 1. The second-order valence-corrected chi connectivity index (χ2v) is 9.53. The molecular weight excluding hydrogens is 316 g/mol. The Balaban J connectivity index is 2.46. The van der Waals surface area contributed by atoms with E-state index >= 15 is 0 Å². The number of rotatable bonds is 7. The van der Waals surface area contributed by atoms with E-state index < -0.39 is 42.9 Å². The molecule has 21 heavy (non-hydrogen) atoms. The van der Waals surface area contributed by atoms with Crippen molar-refractivity contribution < 1.29 is 21.6 Å². The van der Waals surface area contributed by atoms with Crippen LogP contribution in [0.15, 0.2) is 0 Å². The molecule has 1 aliphatic rings. The van der Waals surface area contributed by atoms with Gasteiger partial charge in [0.05, 0.1) is 11.0 Å². The molecule has 1 rings (SSSR count). The number of nitrogens with one attached hydrogen (secondary N) is 2. The molecule has 1 amide bonds. The first-order chi connectivity index (χ1) is 9.64. The summed E-state index contributed by atoms with van der Waals surface area (Å²) < 4.78 is 51.5. The second-order valence-electron chi connectivity index (χ2n) is 5.64. The summed E-state index contributed by atoms with van der Waals surface area (Å²) in [7, 11) is -7.28. The summed E-state index contributed by atoms with van der Waals surface area (Å²) in [4.78, 5) is 11.3. The highest BCUT2D eigenvalue weighted by molar-refractivity contribution is 7.91. The van der Waals surface area contributed by atoms with Gasteiger partial charge in [-0.1, -0.05) is 33.1 Å². The molecule has 0 bridgehead atoms. The largest absolute Gasteiger partial charge is 0.274 e. The van der Waals surface area contributed by atoms with Gasteiger partial charge in [0.25, 0.3) is 0 Å². The van der Waals surface area contributed by atoms with Gasteiger partial charge in [0.2, 0.25) is 26.0 Å². The normalized spacial score (nSPS) is 17.9. The summed E-state index contributed by atoms with van der Waals surface area (Å²) in [5, 5.41) is -0.431. The van der Waals surface area contributed by atoms with Crippen LogP contribution in [0.25, 0.3) is 0 Å². The molecule has 0 atom stereocenters. The Morgan fingerprint density at radius 1 is 1.10 bits per heavy atom. The van der Waals surface area contributed by atoms with Gasteiger partial charge < -0.3 is 0 Å². The van der Waals surface area contributed by atoms with E-state index in [1.165, 1.54) is 0 Å². The van der Waals surface area contributed by atoms with E-state index in [1.54, 1.807) is 13.8 Å². The van der Waals surface area contributed by atoms with Gasteiger partial charge in [-0.15, -0.1) is 0 Å². The molecule has 9 heteroatoms. The van der Waals surface area contributed by atoms with Gasteiger partial charge in [-0.25, -0.2) is 21.6 Å². The van der Waals surface area contributed by atoms with E-state index in [4.69, 9.17) is 0 Å². The van der Waals surface area contributed by atoms with E-state index in [9.17, 15) is 21.6 Å². The lowest BCUT2D eigenvalue weighted by Crippen LogP contribution is -2.41. The van der Waals surface area contributed by atoms with Crippen molar-refractivity contribution in [1.29, 1.82) is 0 Å². The Kier molecular flexibility index (Phi) is 6.61. The van der Waals surface area contributed by atoms with Gasteiger partial charge in [0, 0.05) is 12.5 Å². The predicted molar refractivity (Wildman–Crippen MR) is 80.6 cm³/mol.